The van der Waals surface area contributed by atoms with Gasteiger partial charge in [0.05, 0.1) is 11.9 Å². The van der Waals surface area contributed by atoms with E-state index in [4.69, 9.17) is 9.47 Å². The van der Waals surface area contributed by atoms with Gasteiger partial charge < -0.3 is 19.7 Å². The smallest absolute Gasteiger partial charge is 0.244 e. The van der Waals surface area contributed by atoms with E-state index in [0.29, 0.717) is 30.3 Å². The summed E-state index contributed by atoms with van der Waals surface area (Å²) < 4.78 is 52.2. The Hall–Kier alpha value is -4.12. The molecule has 2 aliphatic rings. The average molecular weight is 624 g/mol. The van der Waals surface area contributed by atoms with Gasteiger partial charge >= 0.3 is 0 Å². The van der Waals surface area contributed by atoms with Crippen molar-refractivity contribution in [2.75, 3.05) is 30.3 Å². The number of nitrogens with zero attached hydrogens (tertiary/aromatic N) is 2. The van der Waals surface area contributed by atoms with E-state index in [1.54, 1.807) is 24.3 Å². The number of benzene rings is 3. The van der Waals surface area contributed by atoms with E-state index >= 15 is 0 Å². The molecule has 1 aliphatic carbocycles. The summed E-state index contributed by atoms with van der Waals surface area (Å²) in [6.45, 7) is 0.122. The Labute approximate surface area is 258 Å². The second-order valence-corrected chi connectivity index (χ2v) is 13.2. The SMILES string of the molecule is CS(=O)(=O)N(CC(=O)N(Cc1ccc(F)cc1)C(Cc1ccccc1)C(=O)NC1CCCCC1)c1ccc2c(c1)OCCO2. The van der Waals surface area contributed by atoms with Gasteiger partial charge in [-0.1, -0.05) is 61.7 Å². The lowest BCUT2D eigenvalue weighted by molar-refractivity contribution is -0.140. The summed E-state index contributed by atoms with van der Waals surface area (Å²) in [7, 11) is -3.94. The van der Waals surface area contributed by atoms with Crippen molar-refractivity contribution in [3.8, 4) is 11.5 Å². The first-order valence-electron chi connectivity index (χ1n) is 14.9. The molecule has 44 heavy (non-hydrogen) atoms. The van der Waals surface area contributed by atoms with Gasteiger partial charge in [0.1, 0.15) is 31.6 Å². The summed E-state index contributed by atoms with van der Waals surface area (Å²) in [5, 5.41) is 3.16. The number of ether oxygens (including phenoxy) is 2. The van der Waals surface area contributed by atoms with Gasteiger partial charge in [0.2, 0.25) is 21.8 Å². The molecule has 3 aromatic carbocycles. The van der Waals surface area contributed by atoms with Gasteiger partial charge in [-0.3, -0.25) is 13.9 Å². The maximum Gasteiger partial charge on any atom is 0.244 e. The van der Waals surface area contributed by atoms with Gasteiger partial charge in [0.25, 0.3) is 0 Å². The Kier molecular flexibility index (Phi) is 10.0. The molecule has 1 unspecified atom stereocenters. The second-order valence-electron chi connectivity index (χ2n) is 11.3. The van der Waals surface area contributed by atoms with Crippen molar-refractivity contribution < 1.29 is 31.9 Å². The van der Waals surface area contributed by atoms with Crippen LogP contribution in [0.4, 0.5) is 10.1 Å². The van der Waals surface area contributed by atoms with Crippen LogP contribution < -0.4 is 19.1 Å². The van der Waals surface area contributed by atoms with E-state index in [1.807, 2.05) is 30.3 Å². The van der Waals surface area contributed by atoms with Crippen LogP contribution in [-0.4, -0.2) is 63.2 Å². The number of carbonyl (C=O) groups excluding carboxylic acids is 2. The minimum absolute atomic E-state index is 0.00234. The molecule has 1 fully saturated rings. The second kappa shape index (κ2) is 14.1. The van der Waals surface area contributed by atoms with Crippen LogP contribution in [0, 0.1) is 5.82 Å². The number of fused-ring (bicyclic) bond motifs is 1. The molecule has 3 aromatic rings. The first-order chi connectivity index (χ1) is 21.2. The number of hydrogen-bond donors (Lipinski definition) is 1. The number of nitrogens with one attached hydrogen (secondary N) is 1. The van der Waals surface area contributed by atoms with Crippen molar-refractivity contribution >= 4 is 27.5 Å². The molecule has 234 valence electrons. The molecular weight excluding hydrogens is 585 g/mol. The van der Waals surface area contributed by atoms with Gasteiger partial charge in [-0.25, -0.2) is 12.8 Å². The van der Waals surface area contributed by atoms with Crippen LogP contribution in [0.2, 0.25) is 0 Å². The predicted molar refractivity (Wildman–Crippen MR) is 166 cm³/mol. The monoisotopic (exact) mass is 623 g/mol. The van der Waals surface area contributed by atoms with Crippen molar-refractivity contribution in [3.05, 3.63) is 89.7 Å². The van der Waals surface area contributed by atoms with Crippen LogP contribution in [0.5, 0.6) is 11.5 Å². The molecule has 9 nitrogen and oxygen atoms in total. The molecule has 0 spiro atoms. The van der Waals surface area contributed by atoms with Crippen LogP contribution in [0.25, 0.3) is 0 Å². The van der Waals surface area contributed by atoms with Crippen LogP contribution in [0.3, 0.4) is 0 Å². The molecule has 1 saturated carbocycles. The topological polar surface area (TPSA) is 105 Å². The lowest BCUT2D eigenvalue weighted by atomic mass is 9.94. The van der Waals surface area contributed by atoms with Crippen molar-refractivity contribution in [2.45, 2.75) is 57.2 Å². The van der Waals surface area contributed by atoms with Gasteiger partial charge in [-0.05, 0) is 48.2 Å². The summed E-state index contributed by atoms with van der Waals surface area (Å²) in [6, 6.07) is 18.8. The van der Waals surface area contributed by atoms with Gasteiger partial charge in [0.15, 0.2) is 11.5 Å². The number of halogens is 1. The number of sulfonamides is 1. The van der Waals surface area contributed by atoms with Crippen molar-refractivity contribution in [1.82, 2.24) is 10.2 Å². The lowest BCUT2D eigenvalue weighted by Crippen LogP contribution is -2.55. The summed E-state index contributed by atoms with van der Waals surface area (Å²) in [4.78, 5) is 29.7. The molecule has 5 rings (SSSR count). The molecular formula is C33H38FN3O6S. The van der Waals surface area contributed by atoms with Gasteiger partial charge in [-0.2, -0.15) is 0 Å². The van der Waals surface area contributed by atoms with Crippen LogP contribution in [-0.2, 0) is 32.6 Å². The first-order valence-corrected chi connectivity index (χ1v) is 16.8. The highest BCUT2D eigenvalue weighted by Crippen LogP contribution is 2.35. The molecule has 2 amide bonds. The molecule has 1 atom stereocenters. The van der Waals surface area contributed by atoms with E-state index in [-0.39, 0.29) is 30.6 Å². The molecule has 1 N–H and O–H groups in total. The fourth-order valence-corrected chi connectivity index (χ4v) is 6.53. The number of anilines is 1. The maximum atomic E-state index is 14.3. The Morgan fingerprint density at radius 2 is 1.59 bits per heavy atom. The first kappa shape index (κ1) is 31.3. The Balaban J connectivity index is 1.50. The molecule has 0 bridgehead atoms. The van der Waals surface area contributed by atoms with Crippen LogP contribution in [0.15, 0.2) is 72.8 Å². The molecule has 0 saturated heterocycles. The van der Waals surface area contributed by atoms with Crippen molar-refractivity contribution in [3.63, 3.8) is 0 Å². The fourth-order valence-electron chi connectivity index (χ4n) is 5.69. The summed E-state index contributed by atoms with van der Waals surface area (Å²) >= 11 is 0. The zero-order valence-electron chi connectivity index (χ0n) is 24.8. The standard InChI is InChI=1S/C33H38FN3O6S/c1-44(40,41)37(28-16-17-30-31(21-28)43-19-18-42-30)23-32(38)36(22-25-12-14-26(34)15-13-25)29(20-24-8-4-2-5-9-24)33(39)35-27-10-6-3-7-11-27/h2,4-5,8-9,12-17,21,27,29H,3,6-7,10-11,18-20,22-23H2,1H3,(H,35,39). The van der Waals surface area contributed by atoms with E-state index < -0.39 is 34.3 Å². The van der Waals surface area contributed by atoms with Gasteiger partial charge in [0, 0.05) is 25.1 Å². The fraction of sp³-hybridized carbons (Fsp3) is 0.394. The van der Waals surface area contributed by atoms with Crippen molar-refractivity contribution in [1.29, 1.82) is 0 Å². The average Bonchev–Trinajstić information content (AvgIpc) is 3.02. The molecule has 1 heterocycles. The predicted octanol–water partition coefficient (Wildman–Crippen LogP) is 4.45. The minimum Gasteiger partial charge on any atom is -0.486 e. The van der Waals surface area contributed by atoms with Crippen molar-refractivity contribution in [2.24, 2.45) is 0 Å². The third-order valence-electron chi connectivity index (χ3n) is 7.98. The highest BCUT2D eigenvalue weighted by molar-refractivity contribution is 7.92. The quantitative estimate of drug-likeness (QED) is 0.339. The summed E-state index contributed by atoms with van der Waals surface area (Å²) in [6.07, 6.45) is 6.13. The maximum absolute atomic E-state index is 14.3. The zero-order chi connectivity index (χ0) is 31.1. The number of rotatable bonds is 11. The Bertz CT molecular complexity index is 1550. The number of hydrogen-bond acceptors (Lipinski definition) is 6. The third kappa shape index (κ3) is 8.07. The minimum atomic E-state index is -3.94. The van der Waals surface area contributed by atoms with Gasteiger partial charge in [-0.15, -0.1) is 0 Å². The molecule has 11 heteroatoms. The number of carbonyl (C=O) groups is 2. The van der Waals surface area contributed by atoms with Crippen LogP contribution >= 0.6 is 0 Å². The summed E-state index contributed by atoms with van der Waals surface area (Å²) in [5.41, 5.74) is 1.69. The van der Waals surface area contributed by atoms with Crippen LogP contribution in [0.1, 0.15) is 43.2 Å². The largest absolute Gasteiger partial charge is 0.486 e. The third-order valence-corrected chi connectivity index (χ3v) is 9.12. The molecule has 0 radical (unpaired) electrons. The Morgan fingerprint density at radius 1 is 0.909 bits per heavy atom. The zero-order valence-corrected chi connectivity index (χ0v) is 25.6. The van der Waals surface area contributed by atoms with E-state index in [1.165, 1.54) is 23.1 Å². The molecule has 0 aromatic heterocycles. The lowest BCUT2D eigenvalue weighted by Gasteiger charge is -2.35. The van der Waals surface area contributed by atoms with E-state index in [0.717, 1.165) is 48.2 Å². The van der Waals surface area contributed by atoms with E-state index in [9.17, 15) is 22.4 Å². The van der Waals surface area contributed by atoms with E-state index in [2.05, 4.69) is 5.32 Å². The normalized spacial score (nSPS) is 15.7. The Morgan fingerprint density at radius 3 is 2.27 bits per heavy atom. The molecule has 1 aliphatic heterocycles. The number of amides is 2. The highest BCUT2D eigenvalue weighted by Gasteiger charge is 2.34. The summed E-state index contributed by atoms with van der Waals surface area (Å²) in [5.74, 6) is -0.438. The highest BCUT2D eigenvalue weighted by atomic mass is 32.2.